The van der Waals surface area contributed by atoms with Gasteiger partial charge in [-0.2, -0.15) is 0 Å². The van der Waals surface area contributed by atoms with Crippen molar-refractivity contribution in [1.82, 2.24) is 20.2 Å². The highest BCUT2D eigenvalue weighted by molar-refractivity contribution is 5.73. The molecule has 0 aliphatic carbocycles. The maximum absolute atomic E-state index is 6.17. The molecule has 5 heteroatoms. The molecule has 0 aliphatic rings. The zero-order valence-electron chi connectivity index (χ0n) is 13.2. The number of rotatable bonds is 7. The van der Waals surface area contributed by atoms with E-state index in [0.717, 1.165) is 29.1 Å². The lowest BCUT2D eigenvalue weighted by Gasteiger charge is -2.14. The highest BCUT2D eigenvalue weighted by atomic mass is 15.5. The summed E-state index contributed by atoms with van der Waals surface area (Å²) in [5.41, 5.74) is 8.90. The van der Waals surface area contributed by atoms with Gasteiger partial charge in [0.1, 0.15) is 0 Å². The van der Waals surface area contributed by atoms with Gasteiger partial charge in [-0.3, -0.25) is 0 Å². The highest BCUT2D eigenvalue weighted by Gasteiger charge is 2.16. The second-order valence-corrected chi connectivity index (χ2v) is 5.68. The monoisotopic (exact) mass is 287 g/mol. The summed E-state index contributed by atoms with van der Waals surface area (Å²) in [6.07, 6.45) is 6.11. The number of nitrogens with two attached hydrogens (primary N) is 1. The first kappa shape index (κ1) is 15.5. The zero-order valence-corrected chi connectivity index (χ0v) is 13.2. The zero-order chi connectivity index (χ0) is 15.2. The molecule has 0 spiro atoms. The quantitative estimate of drug-likeness (QED) is 0.621. The number of aryl methyl sites for hydroxylation is 1. The van der Waals surface area contributed by atoms with Crippen molar-refractivity contribution in [1.29, 1.82) is 0 Å². The van der Waals surface area contributed by atoms with Crippen molar-refractivity contribution in [3.05, 3.63) is 23.8 Å². The molecule has 5 nitrogen and oxygen atoms in total. The van der Waals surface area contributed by atoms with E-state index in [1.165, 1.54) is 25.7 Å². The van der Waals surface area contributed by atoms with Crippen LogP contribution in [0.2, 0.25) is 0 Å². The number of tetrazole rings is 1. The Morgan fingerprint density at radius 2 is 2.05 bits per heavy atom. The van der Waals surface area contributed by atoms with E-state index in [1.54, 1.807) is 0 Å². The van der Waals surface area contributed by atoms with Gasteiger partial charge < -0.3 is 5.73 Å². The maximum Gasteiger partial charge on any atom is 0.184 e. The van der Waals surface area contributed by atoms with Crippen LogP contribution in [0.5, 0.6) is 0 Å². The van der Waals surface area contributed by atoms with Gasteiger partial charge in [0, 0.05) is 11.3 Å². The average molecular weight is 287 g/mol. The third-order valence-corrected chi connectivity index (χ3v) is 3.95. The molecule has 1 atom stereocenters. The van der Waals surface area contributed by atoms with Crippen LogP contribution in [-0.2, 0) is 0 Å². The molecule has 0 bridgehead atoms. The second kappa shape index (κ2) is 7.20. The van der Waals surface area contributed by atoms with Crippen molar-refractivity contribution < 1.29 is 0 Å². The summed E-state index contributed by atoms with van der Waals surface area (Å²) < 4.78 is 1.90. The van der Waals surface area contributed by atoms with E-state index in [2.05, 4.69) is 29.4 Å². The van der Waals surface area contributed by atoms with Crippen molar-refractivity contribution in [2.24, 2.45) is 0 Å². The van der Waals surface area contributed by atoms with Crippen molar-refractivity contribution >= 4 is 5.69 Å². The molecule has 0 aliphatic heterocycles. The van der Waals surface area contributed by atoms with E-state index < -0.39 is 0 Å². The summed E-state index contributed by atoms with van der Waals surface area (Å²) in [5, 5.41) is 12.2. The van der Waals surface area contributed by atoms with Crippen LogP contribution >= 0.6 is 0 Å². The van der Waals surface area contributed by atoms with Crippen molar-refractivity contribution in [3.8, 4) is 11.4 Å². The Morgan fingerprint density at radius 3 is 2.81 bits per heavy atom. The molecule has 0 radical (unpaired) electrons. The number of hydrogen-bond acceptors (Lipinski definition) is 4. The van der Waals surface area contributed by atoms with Crippen LogP contribution < -0.4 is 5.73 Å². The SMILES string of the molecule is CCCCCCC(C)n1nnnc1-c1cccc(C)c1N. The number of para-hydroxylation sites is 1. The Morgan fingerprint density at radius 1 is 1.24 bits per heavy atom. The number of unbranched alkanes of at least 4 members (excludes halogenated alkanes) is 3. The van der Waals surface area contributed by atoms with E-state index in [1.807, 2.05) is 29.8 Å². The number of benzene rings is 1. The fraction of sp³-hybridized carbons (Fsp3) is 0.562. The van der Waals surface area contributed by atoms with Gasteiger partial charge in [-0.1, -0.05) is 44.7 Å². The smallest absolute Gasteiger partial charge is 0.184 e. The molecule has 0 fully saturated rings. The van der Waals surface area contributed by atoms with Crippen molar-refractivity contribution in [2.45, 2.75) is 58.9 Å². The van der Waals surface area contributed by atoms with Gasteiger partial charge in [-0.15, -0.1) is 5.10 Å². The lowest BCUT2D eigenvalue weighted by atomic mass is 10.1. The molecule has 0 saturated heterocycles. The molecule has 1 aromatic heterocycles. The molecule has 2 rings (SSSR count). The Hall–Kier alpha value is -1.91. The van der Waals surface area contributed by atoms with Crippen molar-refractivity contribution in [2.75, 3.05) is 5.73 Å². The van der Waals surface area contributed by atoms with E-state index in [0.29, 0.717) is 0 Å². The summed E-state index contributed by atoms with van der Waals surface area (Å²) in [6.45, 7) is 6.39. The van der Waals surface area contributed by atoms with E-state index >= 15 is 0 Å². The minimum atomic E-state index is 0.284. The van der Waals surface area contributed by atoms with Crippen LogP contribution in [-0.4, -0.2) is 20.2 Å². The number of anilines is 1. The Balaban J connectivity index is 2.16. The topological polar surface area (TPSA) is 69.6 Å². The Kier molecular flexibility index (Phi) is 5.31. The predicted molar refractivity (Wildman–Crippen MR) is 85.9 cm³/mol. The Bertz CT molecular complexity index is 576. The molecular formula is C16H25N5. The van der Waals surface area contributed by atoms with Crippen LogP contribution in [0.1, 0.15) is 57.6 Å². The fourth-order valence-electron chi connectivity index (χ4n) is 2.53. The van der Waals surface area contributed by atoms with Gasteiger partial charge in [0.2, 0.25) is 0 Å². The van der Waals surface area contributed by atoms with Gasteiger partial charge in [0.05, 0.1) is 6.04 Å². The molecule has 0 amide bonds. The molecule has 0 saturated carbocycles. The lowest BCUT2D eigenvalue weighted by Crippen LogP contribution is -2.10. The highest BCUT2D eigenvalue weighted by Crippen LogP contribution is 2.28. The van der Waals surface area contributed by atoms with Gasteiger partial charge in [-0.05, 0) is 42.3 Å². The molecule has 2 aromatic rings. The number of hydrogen-bond donors (Lipinski definition) is 1. The molecule has 1 heterocycles. The van der Waals surface area contributed by atoms with Gasteiger partial charge in [0.15, 0.2) is 5.82 Å². The predicted octanol–water partition coefficient (Wildman–Crippen LogP) is 3.76. The Labute approximate surface area is 126 Å². The minimum Gasteiger partial charge on any atom is -0.398 e. The number of aromatic nitrogens is 4. The summed E-state index contributed by atoms with van der Waals surface area (Å²) in [6, 6.07) is 6.26. The fourth-order valence-corrected chi connectivity index (χ4v) is 2.53. The summed E-state index contributed by atoms with van der Waals surface area (Å²) in [5.74, 6) is 0.763. The lowest BCUT2D eigenvalue weighted by molar-refractivity contribution is 0.430. The van der Waals surface area contributed by atoms with E-state index in [-0.39, 0.29) is 6.04 Å². The van der Waals surface area contributed by atoms with E-state index in [9.17, 15) is 0 Å². The molecule has 1 aromatic carbocycles. The van der Waals surface area contributed by atoms with Gasteiger partial charge in [-0.25, -0.2) is 4.68 Å². The first-order chi connectivity index (χ1) is 10.1. The molecule has 21 heavy (non-hydrogen) atoms. The van der Waals surface area contributed by atoms with Gasteiger partial charge in [0.25, 0.3) is 0 Å². The number of nitrogens with zero attached hydrogens (tertiary/aromatic N) is 4. The van der Waals surface area contributed by atoms with Crippen LogP contribution in [0.15, 0.2) is 18.2 Å². The van der Waals surface area contributed by atoms with Crippen LogP contribution in [0.25, 0.3) is 11.4 Å². The van der Waals surface area contributed by atoms with E-state index in [4.69, 9.17) is 5.73 Å². The average Bonchev–Trinajstić information content (AvgIpc) is 2.95. The maximum atomic E-state index is 6.17. The molecular weight excluding hydrogens is 262 g/mol. The largest absolute Gasteiger partial charge is 0.398 e. The molecule has 114 valence electrons. The first-order valence-electron chi connectivity index (χ1n) is 7.78. The van der Waals surface area contributed by atoms with Crippen LogP contribution in [0, 0.1) is 6.92 Å². The third-order valence-electron chi connectivity index (χ3n) is 3.95. The summed E-state index contributed by atoms with van der Waals surface area (Å²) >= 11 is 0. The standard InChI is InChI=1S/C16H25N5/c1-4-5-6-7-10-13(3)21-16(18-19-20-21)14-11-8-9-12(2)15(14)17/h8-9,11,13H,4-7,10,17H2,1-3H3. The first-order valence-corrected chi connectivity index (χ1v) is 7.78. The normalized spacial score (nSPS) is 12.5. The molecule has 2 N–H and O–H groups in total. The summed E-state index contributed by atoms with van der Waals surface area (Å²) in [4.78, 5) is 0. The minimum absolute atomic E-state index is 0.284. The van der Waals surface area contributed by atoms with Gasteiger partial charge >= 0.3 is 0 Å². The number of nitrogen functional groups attached to an aromatic ring is 1. The van der Waals surface area contributed by atoms with Crippen LogP contribution in [0.4, 0.5) is 5.69 Å². The second-order valence-electron chi connectivity index (χ2n) is 5.68. The summed E-state index contributed by atoms with van der Waals surface area (Å²) in [7, 11) is 0. The third kappa shape index (κ3) is 3.60. The molecule has 1 unspecified atom stereocenters. The van der Waals surface area contributed by atoms with Crippen molar-refractivity contribution in [3.63, 3.8) is 0 Å². The van der Waals surface area contributed by atoms with Crippen LogP contribution in [0.3, 0.4) is 0 Å².